The van der Waals surface area contributed by atoms with Crippen molar-refractivity contribution in [3.8, 4) is 5.75 Å². The fourth-order valence-electron chi connectivity index (χ4n) is 3.52. The van der Waals surface area contributed by atoms with Crippen molar-refractivity contribution in [1.29, 1.82) is 0 Å². The van der Waals surface area contributed by atoms with Gasteiger partial charge in [-0.3, -0.25) is 0 Å². The zero-order chi connectivity index (χ0) is 16.9. The molecule has 0 spiro atoms. The van der Waals surface area contributed by atoms with Crippen molar-refractivity contribution in [3.63, 3.8) is 0 Å². The number of hydrogen-bond acceptors (Lipinski definition) is 3. The largest absolute Gasteiger partial charge is 0.489 e. The molecule has 1 saturated carbocycles. The van der Waals surface area contributed by atoms with E-state index in [1.165, 1.54) is 16.7 Å². The fourth-order valence-corrected chi connectivity index (χ4v) is 3.52. The van der Waals surface area contributed by atoms with Gasteiger partial charge in [-0.1, -0.05) is 42.5 Å². The first-order chi connectivity index (χ1) is 11.8. The number of hydrogen-bond donors (Lipinski definition) is 0. The molecule has 0 heterocycles. The Labute approximate surface area is 143 Å². The van der Waals surface area contributed by atoms with Crippen LogP contribution in [0.15, 0.2) is 48.5 Å². The first kappa shape index (κ1) is 16.7. The summed E-state index contributed by atoms with van der Waals surface area (Å²) in [5.41, 5.74) is 3.82. The van der Waals surface area contributed by atoms with Gasteiger partial charge in [-0.15, -0.1) is 0 Å². The molecule has 0 saturated heterocycles. The smallest absolute Gasteiger partial charge is 0.124 e. The Kier molecular flexibility index (Phi) is 5.31. The standard InChI is InChI=1S/C18H16O2.C3H8O/c19-10-15-14-9-13-7-4-8-16(17(13)18(14)15)20-11-12-5-2-1-3-6-12;1-3-4-2/h1-8,10,14-15,18H,9,11H2;3H2,1-2H3. The second-order valence-corrected chi connectivity index (χ2v) is 6.29. The summed E-state index contributed by atoms with van der Waals surface area (Å²) in [6.45, 7) is 3.36. The Morgan fingerprint density at radius 2 is 1.88 bits per heavy atom. The van der Waals surface area contributed by atoms with E-state index in [9.17, 15) is 4.79 Å². The van der Waals surface area contributed by atoms with E-state index in [4.69, 9.17) is 4.74 Å². The molecule has 0 amide bonds. The van der Waals surface area contributed by atoms with E-state index in [1.54, 1.807) is 7.11 Å². The molecule has 0 aliphatic heterocycles. The average molecular weight is 324 g/mol. The third-order valence-electron chi connectivity index (χ3n) is 4.86. The van der Waals surface area contributed by atoms with E-state index >= 15 is 0 Å². The quantitative estimate of drug-likeness (QED) is 0.780. The zero-order valence-electron chi connectivity index (χ0n) is 14.3. The molecular formula is C21H24O3. The molecule has 2 aliphatic rings. The van der Waals surface area contributed by atoms with Gasteiger partial charge in [-0.25, -0.2) is 0 Å². The highest BCUT2D eigenvalue weighted by atomic mass is 16.5. The van der Waals surface area contributed by atoms with Crippen LogP contribution in [-0.2, 0) is 22.6 Å². The third kappa shape index (κ3) is 3.36. The predicted molar refractivity (Wildman–Crippen MR) is 94.3 cm³/mol. The van der Waals surface area contributed by atoms with Crippen LogP contribution < -0.4 is 4.74 Å². The van der Waals surface area contributed by atoms with Crippen LogP contribution in [0.3, 0.4) is 0 Å². The maximum absolute atomic E-state index is 11.0. The van der Waals surface area contributed by atoms with Gasteiger partial charge in [0.25, 0.3) is 0 Å². The number of benzene rings is 2. The molecule has 4 rings (SSSR count). The molecule has 0 bridgehead atoms. The highest BCUT2D eigenvalue weighted by Crippen LogP contribution is 2.62. The van der Waals surface area contributed by atoms with E-state index in [0.717, 1.165) is 25.1 Å². The summed E-state index contributed by atoms with van der Waals surface area (Å²) < 4.78 is 10.6. The Balaban J connectivity index is 0.000000383. The molecule has 2 aromatic carbocycles. The maximum atomic E-state index is 11.0. The number of aldehydes is 1. The van der Waals surface area contributed by atoms with E-state index in [1.807, 2.05) is 31.2 Å². The Morgan fingerprint density at radius 3 is 2.54 bits per heavy atom. The van der Waals surface area contributed by atoms with Crippen molar-refractivity contribution in [3.05, 3.63) is 65.2 Å². The number of fused-ring (bicyclic) bond motifs is 3. The number of methoxy groups -OCH3 is 1. The molecule has 24 heavy (non-hydrogen) atoms. The summed E-state index contributed by atoms with van der Waals surface area (Å²) in [5.74, 6) is 2.13. The van der Waals surface area contributed by atoms with Gasteiger partial charge >= 0.3 is 0 Å². The highest BCUT2D eigenvalue weighted by Gasteiger charge is 2.56. The van der Waals surface area contributed by atoms with E-state index in [2.05, 4.69) is 29.0 Å². The van der Waals surface area contributed by atoms with Crippen molar-refractivity contribution in [2.24, 2.45) is 11.8 Å². The number of rotatable bonds is 5. The van der Waals surface area contributed by atoms with E-state index < -0.39 is 0 Å². The minimum atomic E-state index is 0.226. The van der Waals surface area contributed by atoms with Crippen molar-refractivity contribution < 1.29 is 14.3 Å². The maximum Gasteiger partial charge on any atom is 0.124 e. The number of carbonyl (C=O) groups is 1. The Hall–Kier alpha value is -2.13. The summed E-state index contributed by atoms with van der Waals surface area (Å²) in [7, 11) is 1.68. The summed E-state index contributed by atoms with van der Waals surface area (Å²) in [6, 6.07) is 16.4. The summed E-state index contributed by atoms with van der Waals surface area (Å²) in [6.07, 6.45) is 2.15. The fraction of sp³-hybridized carbons (Fsp3) is 0.381. The predicted octanol–water partition coefficient (Wildman–Crippen LogP) is 4.00. The van der Waals surface area contributed by atoms with Crippen molar-refractivity contribution in [2.45, 2.75) is 25.9 Å². The molecule has 0 aromatic heterocycles. The normalized spacial score (nSPS) is 22.7. The molecule has 0 N–H and O–H groups in total. The third-order valence-corrected chi connectivity index (χ3v) is 4.86. The van der Waals surface area contributed by atoms with Crippen LogP contribution in [0.4, 0.5) is 0 Å². The van der Waals surface area contributed by atoms with Gasteiger partial charge in [-0.2, -0.15) is 0 Å². The lowest BCUT2D eigenvalue weighted by molar-refractivity contribution is -0.109. The minimum Gasteiger partial charge on any atom is -0.489 e. The van der Waals surface area contributed by atoms with Crippen LogP contribution >= 0.6 is 0 Å². The first-order valence-electron chi connectivity index (χ1n) is 8.52. The minimum absolute atomic E-state index is 0.226. The van der Waals surface area contributed by atoms with Gasteiger partial charge in [0.05, 0.1) is 0 Å². The summed E-state index contributed by atoms with van der Waals surface area (Å²) in [4.78, 5) is 11.0. The van der Waals surface area contributed by atoms with Crippen molar-refractivity contribution in [1.82, 2.24) is 0 Å². The molecule has 1 fully saturated rings. The molecule has 3 unspecified atom stereocenters. The zero-order valence-corrected chi connectivity index (χ0v) is 14.3. The molecule has 2 aromatic rings. The molecule has 126 valence electrons. The molecular weight excluding hydrogens is 300 g/mol. The molecule has 3 heteroatoms. The van der Waals surface area contributed by atoms with Gasteiger partial charge in [0.2, 0.25) is 0 Å². The molecule has 0 radical (unpaired) electrons. The number of ether oxygens (including phenoxy) is 2. The molecule has 2 aliphatic carbocycles. The second kappa shape index (κ2) is 7.63. The van der Waals surface area contributed by atoms with Crippen LogP contribution in [0.25, 0.3) is 0 Å². The topological polar surface area (TPSA) is 35.5 Å². The lowest BCUT2D eigenvalue weighted by Crippen LogP contribution is -2.01. The van der Waals surface area contributed by atoms with Crippen LogP contribution in [0.2, 0.25) is 0 Å². The lowest BCUT2D eigenvalue weighted by Gasteiger charge is -2.13. The van der Waals surface area contributed by atoms with E-state index in [-0.39, 0.29) is 5.92 Å². The lowest BCUT2D eigenvalue weighted by atomic mass is 10.0. The average Bonchev–Trinajstić information content (AvgIpc) is 3.19. The molecule has 3 nitrogen and oxygen atoms in total. The van der Waals surface area contributed by atoms with Crippen LogP contribution in [0.1, 0.15) is 29.5 Å². The van der Waals surface area contributed by atoms with Gasteiger partial charge in [0.1, 0.15) is 18.6 Å². The van der Waals surface area contributed by atoms with Crippen LogP contribution in [0, 0.1) is 11.8 Å². The first-order valence-corrected chi connectivity index (χ1v) is 8.52. The van der Waals surface area contributed by atoms with Crippen LogP contribution in [0.5, 0.6) is 5.75 Å². The van der Waals surface area contributed by atoms with Gasteiger partial charge in [0.15, 0.2) is 0 Å². The Bertz CT molecular complexity index is 679. The number of carbonyl (C=O) groups excluding carboxylic acids is 1. The van der Waals surface area contributed by atoms with E-state index in [0.29, 0.717) is 18.4 Å². The van der Waals surface area contributed by atoms with Gasteiger partial charge in [-0.05, 0) is 36.5 Å². The van der Waals surface area contributed by atoms with Gasteiger partial charge < -0.3 is 14.3 Å². The Morgan fingerprint density at radius 1 is 1.12 bits per heavy atom. The van der Waals surface area contributed by atoms with Crippen molar-refractivity contribution in [2.75, 3.05) is 13.7 Å². The summed E-state index contributed by atoms with van der Waals surface area (Å²) >= 11 is 0. The molecule has 3 atom stereocenters. The SMILES string of the molecule is CCOC.O=CC1C2Cc3cccc(OCc4ccccc4)c3C12. The van der Waals surface area contributed by atoms with Crippen molar-refractivity contribution >= 4 is 6.29 Å². The van der Waals surface area contributed by atoms with Gasteiger partial charge in [0, 0.05) is 31.1 Å². The highest BCUT2D eigenvalue weighted by molar-refractivity contribution is 5.67. The van der Waals surface area contributed by atoms with Crippen LogP contribution in [-0.4, -0.2) is 20.0 Å². The summed E-state index contributed by atoms with van der Waals surface area (Å²) in [5, 5.41) is 0. The second-order valence-electron chi connectivity index (χ2n) is 6.29. The monoisotopic (exact) mass is 324 g/mol.